The first kappa shape index (κ1) is 26.4. The second-order valence-corrected chi connectivity index (χ2v) is 8.71. The molecule has 0 aliphatic rings. The highest BCUT2D eigenvalue weighted by Crippen LogP contribution is 2.39. The first-order chi connectivity index (χ1) is 19.2. The van der Waals surface area contributed by atoms with E-state index < -0.39 is 23.6 Å². The lowest BCUT2D eigenvalue weighted by Gasteiger charge is -2.16. The number of methoxy groups -OCH3 is 1. The monoisotopic (exact) mass is 542 g/mol. The van der Waals surface area contributed by atoms with Crippen LogP contribution in [0.15, 0.2) is 103 Å². The van der Waals surface area contributed by atoms with E-state index in [1.165, 1.54) is 25.4 Å². The molecule has 0 radical (unpaired) electrons. The van der Waals surface area contributed by atoms with Crippen molar-refractivity contribution < 1.29 is 32.2 Å². The molecule has 9 heteroatoms. The van der Waals surface area contributed by atoms with Crippen molar-refractivity contribution in [1.29, 1.82) is 0 Å². The van der Waals surface area contributed by atoms with E-state index in [4.69, 9.17) is 9.47 Å². The molecular weight excluding hydrogens is 521 g/mol. The lowest BCUT2D eigenvalue weighted by molar-refractivity contribution is -0.136. The zero-order valence-corrected chi connectivity index (χ0v) is 21.0. The van der Waals surface area contributed by atoms with Crippen LogP contribution in [0.2, 0.25) is 0 Å². The van der Waals surface area contributed by atoms with E-state index in [-0.39, 0.29) is 27.8 Å². The van der Waals surface area contributed by atoms with Gasteiger partial charge in [0.1, 0.15) is 11.5 Å². The van der Waals surface area contributed by atoms with E-state index in [1.54, 1.807) is 78.9 Å². The lowest BCUT2D eigenvalue weighted by atomic mass is 9.91. The fourth-order valence-corrected chi connectivity index (χ4v) is 4.33. The summed E-state index contributed by atoms with van der Waals surface area (Å²) in [5.41, 5.74) is 0.260. The van der Waals surface area contributed by atoms with Crippen molar-refractivity contribution in [3.8, 4) is 22.6 Å². The van der Waals surface area contributed by atoms with Crippen molar-refractivity contribution in [2.75, 3.05) is 12.4 Å². The molecule has 1 aromatic heterocycles. The molecule has 6 nitrogen and oxygen atoms in total. The van der Waals surface area contributed by atoms with E-state index in [2.05, 4.69) is 10.3 Å². The summed E-state index contributed by atoms with van der Waals surface area (Å²) in [5.74, 6) is 0.476. The molecule has 0 aliphatic heterocycles. The summed E-state index contributed by atoms with van der Waals surface area (Å²) in [5, 5.41) is 2.77. The highest BCUT2D eigenvalue weighted by atomic mass is 19.4. The van der Waals surface area contributed by atoms with Crippen molar-refractivity contribution in [1.82, 2.24) is 4.98 Å². The third-order valence-corrected chi connectivity index (χ3v) is 6.15. The summed E-state index contributed by atoms with van der Waals surface area (Å²) in [6.45, 7) is 0. The summed E-state index contributed by atoms with van der Waals surface area (Å²) in [6, 6.07) is 25.0. The number of ketones is 1. The molecule has 40 heavy (non-hydrogen) atoms. The largest absolute Gasteiger partial charge is 0.497 e. The van der Waals surface area contributed by atoms with Crippen LogP contribution in [0.4, 0.5) is 23.7 Å². The Morgan fingerprint density at radius 3 is 2.23 bits per heavy atom. The number of rotatable bonds is 6. The Morgan fingerprint density at radius 2 is 1.52 bits per heavy atom. The number of ether oxygens (including phenoxy) is 2. The predicted molar refractivity (Wildman–Crippen MR) is 145 cm³/mol. The Bertz CT molecular complexity index is 1700. The van der Waals surface area contributed by atoms with Crippen molar-refractivity contribution in [3.63, 3.8) is 0 Å². The summed E-state index contributed by atoms with van der Waals surface area (Å²) < 4.78 is 51.9. The van der Waals surface area contributed by atoms with Gasteiger partial charge in [0.25, 0.3) is 0 Å². The van der Waals surface area contributed by atoms with Crippen LogP contribution < -0.4 is 14.8 Å². The van der Waals surface area contributed by atoms with E-state index >= 15 is 0 Å². The van der Waals surface area contributed by atoms with Crippen LogP contribution >= 0.6 is 0 Å². The maximum atomic E-state index is 13.8. The van der Waals surface area contributed by atoms with Crippen LogP contribution in [0.1, 0.15) is 21.5 Å². The van der Waals surface area contributed by atoms with Gasteiger partial charge in [0, 0.05) is 34.0 Å². The van der Waals surface area contributed by atoms with Gasteiger partial charge in [0.15, 0.2) is 5.78 Å². The Kier molecular flexibility index (Phi) is 7.20. The average Bonchev–Trinajstić information content (AvgIpc) is 2.96. The van der Waals surface area contributed by atoms with Gasteiger partial charge in [0.2, 0.25) is 0 Å². The van der Waals surface area contributed by atoms with Gasteiger partial charge in [-0.3, -0.25) is 15.1 Å². The highest BCUT2D eigenvalue weighted by molar-refractivity contribution is 6.17. The number of carbonyl (C=O) groups is 2. The van der Waals surface area contributed by atoms with Crippen molar-refractivity contribution >= 4 is 28.5 Å². The minimum atomic E-state index is -4.65. The zero-order valence-electron chi connectivity index (χ0n) is 21.0. The number of pyridine rings is 1. The minimum Gasteiger partial charge on any atom is -0.497 e. The number of hydrogen-bond acceptors (Lipinski definition) is 5. The van der Waals surface area contributed by atoms with Crippen LogP contribution in [0.3, 0.4) is 0 Å². The Labute approximate surface area is 227 Å². The number of benzene rings is 4. The quantitative estimate of drug-likeness (QED) is 0.222. The smallest absolute Gasteiger partial charge is 0.418 e. The normalized spacial score (nSPS) is 11.2. The van der Waals surface area contributed by atoms with Gasteiger partial charge in [-0.2, -0.15) is 13.2 Å². The minimum absolute atomic E-state index is 0.121. The number of carbonyl (C=O) groups excluding carboxylic acids is 2. The van der Waals surface area contributed by atoms with Gasteiger partial charge in [-0.25, -0.2) is 4.79 Å². The number of halogens is 3. The first-order valence-corrected chi connectivity index (χ1v) is 12.1. The molecule has 1 amide bonds. The Hall–Kier alpha value is -5.18. The molecule has 0 atom stereocenters. The average molecular weight is 543 g/mol. The maximum absolute atomic E-state index is 13.8. The van der Waals surface area contributed by atoms with Crippen LogP contribution in [0, 0.1) is 0 Å². The van der Waals surface area contributed by atoms with Crippen molar-refractivity contribution in [3.05, 3.63) is 120 Å². The molecule has 0 aliphatic carbocycles. The SMILES string of the molecule is COc1ccc(OC(=O)Nc2cccc(-c3c(C(=O)c4ccccc4)cnc4c(C(F)(F)F)cccc34)c2)cc1. The van der Waals surface area contributed by atoms with Crippen molar-refractivity contribution in [2.45, 2.75) is 6.18 Å². The first-order valence-electron chi connectivity index (χ1n) is 12.1. The fourth-order valence-electron chi connectivity index (χ4n) is 4.33. The number of nitrogens with zero attached hydrogens (tertiary/aromatic N) is 1. The number of nitrogens with one attached hydrogen (secondary N) is 1. The number of alkyl halides is 3. The third-order valence-electron chi connectivity index (χ3n) is 6.15. The van der Waals surface area contributed by atoms with Gasteiger partial charge in [-0.1, -0.05) is 54.6 Å². The van der Waals surface area contributed by atoms with Gasteiger partial charge in [0.05, 0.1) is 18.2 Å². The number of para-hydroxylation sites is 1. The molecule has 4 aromatic carbocycles. The molecule has 0 saturated carbocycles. The molecule has 1 heterocycles. The van der Waals surface area contributed by atoms with Crippen LogP contribution in [0.25, 0.3) is 22.0 Å². The van der Waals surface area contributed by atoms with Crippen LogP contribution in [0.5, 0.6) is 11.5 Å². The molecule has 200 valence electrons. The second-order valence-electron chi connectivity index (χ2n) is 8.71. The van der Waals surface area contributed by atoms with Crippen molar-refractivity contribution in [2.24, 2.45) is 0 Å². The summed E-state index contributed by atoms with van der Waals surface area (Å²) in [4.78, 5) is 30.1. The van der Waals surface area contributed by atoms with E-state index in [9.17, 15) is 22.8 Å². The van der Waals surface area contributed by atoms with E-state index in [1.807, 2.05) is 0 Å². The number of anilines is 1. The lowest BCUT2D eigenvalue weighted by Crippen LogP contribution is -2.16. The highest BCUT2D eigenvalue weighted by Gasteiger charge is 2.34. The van der Waals surface area contributed by atoms with Crippen LogP contribution in [-0.2, 0) is 6.18 Å². The fraction of sp³-hybridized carbons (Fsp3) is 0.0645. The Morgan fingerprint density at radius 1 is 0.825 bits per heavy atom. The number of amides is 1. The van der Waals surface area contributed by atoms with E-state index in [0.29, 0.717) is 22.6 Å². The summed E-state index contributed by atoms with van der Waals surface area (Å²) in [7, 11) is 1.52. The topological polar surface area (TPSA) is 77.5 Å². The number of aromatic nitrogens is 1. The van der Waals surface area contributed by atoms with Gasteiger partial charge in [-0.05, 0) is 48.0 Å². The predicted octanol–water partition coefficient (Wildman–Crippen LogP) is 7.77. The summed E-state index contributed by atoms with van der Waals surface area (Å²) in [6.07, 6.45) is -4.26. The summed E-state index contributed by atoms with van der Waals surface area (Å²) >= 11 is 0. The molecule has 0 bridgehead atoms. The Balaban J connectivity index is 1.57. The van der Waals surface area contributed by atoms with E-state index in [0.717, 1.165) is 6.07 Å². The second kappa shape index (κ2) is 10.9. The molecule has 0 saturated heterocycles. The molecule has 0 unspecified atom stereocenters. The standard InChI is InChI=1S/C31H21F3N2O4/c1-39-22-13-15-23(16-14-22)40-30(38)36-21-10-5-9-20(17-21)27-24-11-6-12-26(31(32,33)34)28(24)35-18-25(27)29(37)19-7-3-2-4-8-19/h2-18H,1H3,(H,36,38). The number of hydrogen-bond donors (Lipinski definition) is 1. The number of fused-ring (bicyclic) bond motifs is 1. The molecular formula is C31H21F3N2O4. The van der Waals surface area contributed by atoms with Crippen LogP contribution in [-0.4, -0.2) is 24.0 Å². The van der Waals surface area contributed by atoms with Gasteiger partial charge >= 0.3 is 12.3 Å². The molecule has 0 fully saturated rings. The maximum Gasteiger partial charge on any atom is 0.418 e. The molecule has 5 aromatic rings. The molecule has 5 rings (SSSR count). The molecule has 0 spiro atoms. The van der Waals surface area contributed by atoms with Gasteiger partial charge in [-0.15, -0.1) is 0 Å². The zero-order chi connectivity index (χ0) is 28.3. The third kappa shape index (κ3) is 5.49. The van der Waals surface area contributed by atoms with Gasteiger partial charge < -0.3 is 9.47 Å². The molecule has 1 N–H and O–H groups in total.